The molecule has 0 heterocycles. The highest BCUT2D eigenvalue weighted by atomic mass is 16.5. The number of nitriles is 1. The van der Waals surface area contributed by atoms with Gasteiger partial charge in [-0.2, -0.15) is 5.26 Å². The Kier molecular flexibility index (Phi) is 5.20. The van der Waals surface area contributed by atoms with Crippen molar-refractivity contribution in [2.45, 2.75) is 44.4 Å². The molecule has 0 aliphatic heterocycles. The summed E-state index contributed by atoms with van der Waals surface area (Å²) in [6.07, 6.45) is 4.05. The second kappa shape index (κ2) is 7.13. The molecule has 2 N–H and O–H groups in total. The number of nitrogens with one attached hydrogen (secondary N) is 1. The molecule has 1 fully saturated rings. The van der Waals surface area contributed by atoms with Gasteiger partial charge in [0, 0.05) is 12.6 Å². The summed E-state index contributed by atoms with van der Waals surface area (Å²) >= 11 is 0. The quantitative estimate of drug-likeness (QED) is 0.849. The number of hydrogen-bond acceptors (Lipinski definition) is 4. The summed E-state index contributed by atoms with van der Waals surface area (Å²) in [5, 5.41) is 21.7. The Balaban J connectivity index is 1.81. The Morgan fingerprint density at radius 3 is 2.68 bits per heavy atom. The van der Waals surface area contributed by atoms with Crippen molar-refractivity contribution in [3.63, 3.8) is 0 Å². The second-order valence-corrected chi connectivity index (χ2v) is 4.93. The predicted molar refractivity (Wildman–Crippen MR) is 72.7 cm³/mol. The largest absolute Gasteiger partial charge is 0.479 e. The van der Waals surface area contributed by atoms with E-state index in [9.17, 15) is 5.11 Å². The zero-order chi connectivity index (χ0) is 13.5. The Bertz CT molecular complexity index is 425. The highest BCUT2D eigenvalue weighted by Crippen LogP contribution is 2.19. The molecule has 1 aromatic rings. The molecule has 0 saturated heterocycles. The monoisotopic (exact) mass is 260 g/mol. The van der Waals surface area contributed by atoms with Gasteiger partial charge in [0.05, 0.1) is 6.10 Å². The lowest BCUT2D eigenvalue weighted by molar-refractivity contribution is 0.0902. The fourth-order valence-corrected chi connectivity index (χ4v) is 2.42. The first-order chi connectivity index (χ1) is 9.29. The van der Waals surface area contributed by atoms with Crippen LogP contribution in [0.25, 0.3) is 0 Å². The molecule has 2 unspecified atom stereocenters. The second-order valence-electron chi connectivity index (χ2n) is 4.93. The van der Waals surface area contributed by atoms with Gasteiger partial charge in [-0.25, -0.2) is 0 Å². The zero-order valence-corrected chi connectivity index (χ0v) is 11.0. The van der Waals surface area contributed by atoms with E-state index >= 15 is 0 Å². The first-order valence-corrected chi connectivity index (χ1v) is 6.80. The first kappa shape index (κ1) is 13.9. The van der Waals surface area contributed by atoms with Crippen LogP contribution in [-0.2, 0) is 6.54 Å². The zero-order valence-electron chi connectivity index (χ0n) is 11.0. The summed E-state index contributed by atoms with van der Waals surface area (Å²) in [7, 11) is 0. The van der Waals surface area contributed by atoms with E-state index in [4.69, 9.17) is 10.00 Å². The van der Waals surface area contributed by atoms with Gasteiger partial charge in [0.1, 0.15) is 11.8 Å². The topological polar surface area (TPSA) is 65.3 Å². The van der Waals surface area contributed by atoms with Crippen LogP contribution in [0.3, 0.4) is 0 Å². The number of aliphatic hydroxyl groups excluding tert-OH is 1. The van der Waals surface area contributed by atoms with Crippen molar-refractivity contribution in [3.05, 3.63) is 29.8 Å². The molecule has 19 heavy (non-hydrogen) atoms. The average Bonchev–Trinajstić information content (AvgIpc) is 2.45. The van der Waals surface area contributed by atoms with Crippen LogP contribution in [0.15, 0.2) is 24.3 Å². The maximum absolute atomic E-state index is 9.88. The van der Waals surface area contributed by atoms with Crippen LogP contribution in [0.5, 0.6) is 5.75 Å². The normalized spacial score (nSPS) is 22.7. The van der Waals surface area contributed by atoms with Crippen LogP contribution in [-0.4, -0.2) is 23.9 Å². The molecule has 0 bridgehead atoms. The van der Waals surface area contributed by atoms with E-state index in [0.29, 0.717) is 5.75 Å². The lowest BCUT2D eigenvalue weighted by Crippen LogP contribution is -2.41. The van der Waals surface area contributed by atoms with E-state index in [2.05, 4.69) is 5.32 Å². The molecule has 4 heteroatoms. The molecule has 2 atom stereocenters. The molecule has 1 saturated carbocycles. The van der Waals surface area contributed by atoms with Crippen molar-refractivity contribution < 1.29 is 9.84 Å². The van der Waals surface area contributed by atoms with Crippen molar-refractivity contribution in [3.8, 4) is 11.8 Å². The number of benzene rings is 1. The Labute approximate surface area is 114 Å². The first-order valence-electron chi connectivity index (χ1n) is 6.80. The Morgan fingerprint density at radius 1 is 1.26 bits per heavy atom. The van der Waals surface area contributed by atoms with Gasteiger partial charge in [-0.3, -0.25) is 0 Å². The van der Waals surface area contributed by atoms with Crippen LogP contribution in [0.4, 0.5) is 0 Å². The summed E-state index contributed by atoms with van der Waals surface area (Å²) in [5.41, 5.74) is 1.15. The van der Waals surface area contributed by atoms with E-state index in [1.54, 1.807) is 0 Å². The van der Waals surface area contributed by atoms with Crippen LogP contribution in [0, 0.1) is 11.3 Å². The third kappa shape index (κ3) is 4.23. The molecular weight excluding hydrogens is 240 g/mol. The Hall–Kier alpha value is -1.57. The summed E-state index contributed by atoms with van der Waals surface area (Å²) in [5.74, 6) is 0.711. The molecule has 2 rings (SSSR count). The van der Waals surface area contributed by atoms with Gasteiger partial charge in [-0.1, -0.05) is 25.0 Å². The molecule has 4 nitrogen and oxygen atoms in total. The molecular formula is C15H20N2O2. The molecule has 1 aliphatic carbocycles. The smallest absolute Gasteiger partial charge is 0.174 e. The summed E-state index contributed by atoms with van der Waals surface area (Å²) in [4.78, 5) is 0. The highest BCUT2D eigenvalue weighted by molar-refractivity contribution is 5.27. The lowest BCUT2D eigenvalue weighted by atomic mass is 9.92. The van der Waals surface area contributed by atoms with E-state index in [1.165, 1.54) is 6.42 Å². The number of aliphatic hydroxyl groups is 1. The van der Waals surface area contributed by atoms with E-state index in [1.807, 2.05) is 30.3 Å². The number of ether oxygens (including phenoxy) is 1. The van der Waals surface area contributed by atoms with Crippen LogP contribution in [0.2, 0.25) is 0 Å². The van der Waals surface area contributed by atoms with Crippen LogP contribution >= 0.6 is 0 Å². The van der Waals surface area contributed by atoms with E-state index in [0.717, 1.165) is 31.4 Å². The van der Waals surface area contributed by atoms with Crippen molar-refractivity contribution in [1.29, 1.82) is 5.26 Å². The molecule has 0 aromatic heterocycles. The van der Waals surface area contributed by atoms with Gasteiger partial charge in [0.25, 0.3) is 0 Å². The molecule has 0 radical (unpaired) electrons. The molecule has 102 valence electrons. The predicted octanol–water partition coefficient (Wildman–Crippen LogP) is 1.98. The third-order valence-corrected chi connectivity index (χ3v) is 3.52. The van der Waals surface area contributed by atoms with E-state index < -0.39 is 0 Å². The van der Waals surface area contributed by atoms with Gasteiger partial charge in [0.2, 0.25) is 0 Å². The van der Waals surface area contributed by atoms with Gasteiger partial charge >= 0.3 is 0 Å². The third-order valence-electron chi connectivity index (χ3n) is 3.52. The van der Waals surface area contributed by atoms with Crippen LogP contribution in [0.1, 0.15) is 31.2 Å². The fraction of sp³-hybridized carbons (Fsp3) is 0.533. The minimum absolute atomic E-state index is 0.0753. The molecule has 0 spiro atoms. The minimum Gasteiger partial charge on any atom is -0.479 e. The summed E-state index contributed by atoms with van der Waals surface area (Å²) in [6, 6.07) is 9.85. The average molecular weight is 260 g/mol. The molecule has 1 aliphatic rings. The minimum atomic E-state index is -0.216. The maximum Gasteiger partial charge on any atom is 0.174 e. The van der Waals surface area contributed by atoms with Crippen molar-refractivity contribution in [2.75, 3.05) is 6.61 Å². The number of hydrogen-bond donors (Lipinski definition) is 2. The molecule has 0 amide bonds. The SMILES string of the molecule is N#CCOc1ccc(CNC2CCCCC2O)cc1. The van der Waals surface area contributed by atoms with Crippen molar-refractivity contribution in [1.82, 2.24) is 5.32 Å². The molecule has 1 aromatic carbocycles. The van der Waals surface area contributed by atoms with Gasteiger partial charge in [-0.15, -0.1) is 0 Å². The lowest BCUT2D eigenvalue weighted by Gasteiger charge is -2.28. The van der Waals surface area contributed by atoms with Crippen LogP contribution < -0.4 is 10.1 Å². The number of nitrogens with zero attached hydrogens (tertiary/aromatic N) is 1. The van der Waals surface area contributed by atoms with E-state index in [-0.39, 0.29) is 18.8 Å². The number of rotatable bonds is 5. The maximum atomic E-state index is 9.88. The fourth-order valence-electron chi connectivity index (χ4n) is 2.42. The Morgan fingerprint density at radius 2 is 2.00 bits per heavy atom. The van der Waals surface area contributed by atoms with Gasteiger partial charge in [-0.05, 0) is 30.5 Å². The van der Waals surface area contributed by atoms with Gasteiger partial charge < -0.3 is 15.2 Å². The van der Waals surface area contributed by atoms with Gasteiger partial charge in [0.15, 0.2) is 6.61 Å². The standard InChI is InChI=1S/C15H20N2O2/c16-9-10-19-13-7-5-12(6-8-13)11-17-14-3-1-2-4-15(14)18/h5-8,14-15,17-18H,1-4,10-11H2. The van der Waals surface area contributed by atoms with Crippen molar-refractivity contribution >= 4 is 0 Å². The van der Waals surface area contributed by atoms with Crippen molar-refractivity contribution in [2.24, 2.45) is 0 Å². The highest BCUT2D eigenvalue weighted by Gasteiger charge is 2.21. The summed E-state index contributed by atoms with van der Waals surface area (Å²) < 4.78 is 5.20. The summed E-state index contributed by atoms with van der Waals surface area (Å²) in [6.45, 7) is 0.826.